The number of hydrogen-bond donors (Lipinski definition) is 0. The second-order valence-corrected chi connectivity index (χ2v) is 6.16. The molecule has 26 heavy (non-hydrogen) atoms. The van der Waals surface area contributed by atoms with Gasteiger partial charge in [-0.3, -0.25) is 4.79 Å². The normalized spacial score (nSPS) is 10.6. The first kappa shape index (κ1) is 18.2. The van der Waals surface area contributed by atoms with E-state index in [1.807, 2.05) is 12.1 Å². The molecule has 0 radical (unpaired) electrons. The Labute approximate surface area is 159 Å². The van der Waals surface area contributed by atoms with Crippen LogP contribution in [0.5, 0.6) is 5.75 Å². The smallest absolute Gasteiger partial charge is 0.310 e. The third kappa shape index (κ3) is 4.53. The van der Waals surface area contributed by atoms with Crippen molar-refractivity contribution in [3.05, 3.63) is 64.0 Å². The number of esters is 1. The second kappa shape index (κ2) is 8.21. The topological polar surface area (TPSA) is 74.5 Å². The second-order valence-electron chi connectivity index (χ2n) is 5.31. The minimum atomic E-state index is -0.460. The summed E-state index contributed by atoms with van der Waals surface area (Å²) in [5, 5.41) is 4.79. The van der Waals surface area contributed by atoms with Gasteiger partial charge in [-0.25, -0.2) is 0 Å². The van der Waals surface area contributed by atoms with E-state index in [0.717, 1.165) is 11.3 Å². The van der Waals surface area contributed by atoms with E-state index in [2.05, 4.69) is 10.1 Å². The molecule has 0 aliphatic heterocycles. The number of nitrogens with zero attached hydrogens (tertiary/aromatic N) is 2. The van der Waals surface area contributed by atoms with Gasteiger partial charge in [-0.1, -0.05) is 34.4 Å². The highest BCUT2D eigenvalue weighted by atomic mass is 35.5. The van der Waals surface area contributed by atoms with Gasteiger partial charge >= 0.3 is 5.97 Å². The van der Waals surface area contributed by atoms with Crippen LogP contribution in [-0.4, -0.2) is 23.2 Å². The van der Waals surface area contributed by atoms with Crippen LogP contribution >= 0.6 is 23.2 Å². The summed E-state index contributed by atoms with van der Waals surface area (Å²) in [6.07, 6.45) is 0.0233. The van der Waals surface area contributed by atoms with Crippen molar-refractivity contribution in [3.8, 4) is 17.1 Å². The molecule has 0 saturated heterocycles. The predicted molar refractivity (Wildman–Crippen MR) is 96.2 cm³/mol. The maximum Gasteiger partial charge on any atom is 0.310 e. The molecule has 2 aromatic carbocycles. The quantitative estimate of drug-likeness (QED) is 0.580. The summed E-state index contributed by atoms with van der Waals surface area (Å²) < 4.78 is 15.4. The minimum Gasteiger partial charge on any atom is -0.497 e. The maximum absolute atomic E-state index is 12.0. The van der Waals surface area contributed by atoms with E-state index in [1.54, 1.807) is 37.4 Å². The number of rotatable bonds is 6. The van der Waals surface area contributed by atoms with Crippen LogP contribution in [0, 0.1) is 0 Å². The fourth-order valence-electron chi connectivity index (χ4n) is 2.18. The van der Waals surface area contributed by atoms with Gasteiger partial charge in [0, 0.05) is 15.6 Å². The van der Waals surface area contributed by atoms with E-state index in [1.165, 1.54) is 0 Å². The molecule has 1 heterocycles. The summed E-state index contributed by atoms with van der Waals surface area (Å²) in [5.41, 5.74) is 1.39. The Morgan fingerprint density at radius 1 is 1.15 bits per heavy atom. The zero-order valence-corrected chi connectivity index (χ0v) is 15.3. The van der Waals surface area contributed by atoms with Gasteiger partial charge in [-0.2, -0.15) is 4.98 Å². The molecule has 0 N–H and O–H groups in total. The van der Waals surface area contributed by atoms with Crippen LogP contribution in [0.3, 0.4) is 0 Å². The summed E-state index contributed by atoms with van der Waals surface area (Å²) in [6.45, 7) is -0.118. The Morgan fingerprint density at radius 3 is 2.62 bits per heavy atom. The first-order valence-electron chi connectivity index (χ1n) is 7.61. The Bertz CT molecular complexity index is 910. The highest BCUT2D eigenvalue weighted by molar-refractivity contribution is 6.35. The number of methoxy groups -OCH3 is 1. The molecule has 0 aliphatic carbocycles. The van der Waals surface area contributed by atoms with Gasteiger partial charge in [0.1, 0.15) is 5.75 Å². The van der Waals surface area contributed by atoms with E-state index in [9.17, 15) is 4.79 Å². The van der Waals surface area contributed by atoms with Crippen molar-refractivity contribution in [1.29, 1.82) is 0 Å². The molecule has 3 rings (SSSR count). The average Bonchev–Trinajstić information content (AvgIpc) is 3.11. The SMILES string of the molecule is COc1ccc(-c2noc(COC(=O)Cc3ccc(Cl)cc3Cl)n2)cc1. The lowest BCUT2D eigenvalue weighted by atomic mass is 10.1. The van der Waals surface area contributed by atoms with Crippen LogP contribution in [0.25, 0.3) is 11.4 Å². The van der Waals surface area contributed by atoms with Crippen molar-refractivity contribution in [2.75, 3.05) is 7.11 Å². The Balaban J connectivity index is 1.58. The molecular weight excluding hydrogens is 379 g/mol. The fourth-order valence-corrected chi connectivity index (χ4v) is 2.66. The lowest BCUT2D eigenvalue weighted by Gasteiger charge is -2.04. The summed E-state index contributed by atoms with van der Waals surface area (Å²) in [6, 6.07) is 12.1. The fraction of sp³-hybridized carbons (Fsp3) is 0.167. The van der Waals surface area contributed by atoms with E-state index in [4.69, 9.17) is 37.2 Å². The van der Waals surface area contributed by atoms with Gasteiger partial charge in [0.2, 0.25) is 5.82 Å². The molecule has 0 atom stereocenters. The van der Waals surface area contributed by atoms with E-state index < -0.39 is 5.97 Å². The van der Waals surface area contributed by atoms with Crippen molar-refractivity contribution in [3.63, 3.8) is 0 Å². The van der Waals surface area contributed by atoms with Gasteiger partial charge < -0.3 is 14.0 Å². The van der Waals surface area contributed by atoms with Crippen LogP contribution in [0.15, 0.2) is 47.0 Å². The van der Waals surface area contributed by atoms with Crippen LogP contribution in [0.2, 0.25) is 10.0 Å². The highest BCUT2D eigenvalue weighted by Crippen LogP contribution is 2.22. The van der Waals surface area contributed by atoms with Crippen LogP contribution in [0.1, 0.15) is 11.5 Å². The van der Waals surface area contributed by atoms with Gasteiger partial charge in [0.25, 0.3) is 5.89 Å². The molecule has 6 nitrogen and oxygen atoms in total. The first-order valence-corrected chi connectivity index (χ1v) is 8.37. The summed E-state index contributed by atoms with van der Waals surface area (Å²) in [5.74, 6) is 0.872. The largest absolute Gasteiger partial charge is 0.497 e. The lowest BCUT2D eigenvalue weighted by molar-refractivity contribution is -0.144. The van der Waals surface area contributed by atoms with Gasteiger partial charge in [-0.05, 0) is 42.0 Å². The van der Waals surface area contributed by atoms with Crippen molar-refractivity contribution >= 4 is 29.2 Å². The molecule has 134 valence electrons. The molecule has 3 aromatic rings. The number of halogens is 2. The number of hydrogen-bond acceptors (Lipinski definition) is 6. The van der Waals surface area contributed by atoms with Crippen molar-refractivity contribution in [2.24, 2.45) is 0 Å². The number of benzene rings is 2. The molecule has 0 bridgehead atoms. The molecule has 0 unspecified atom stereocenters. The molecule has 0 spiro atoms. The van der Waals surface area contributed by atoms with Crippen molar-refractivity contribution in [1.82, 2.24) is 10.1 Å². The molecule has 0 amide bonds. The Hall–Kier alpha value is -2.57. The number of aromatic nitrogens is 2. The van der Waals surface area contributed by atoms with Crippen molar-refractivity contribution in [2.45, 2.75) is 13.0 Å². The average molecular weight is 393 g/mol. The number of ether oxygens (including phenoxy) is 2. The number of carbonyl (C=O) groups excluding carboxylic acids is 1. The third-order valence-corrected chi connectivity index (χ3v) is 4.11. The van der Waals surface area contributed by atoms with Gasteiger partial charge in [-0.15, -0.1) is 0 Å². The zero-order chi connectivity index (χ0) is 18.5. The van der Waals surface area contributed by atoms with Crippen LogP contribution in [-0.2, 0) is 22.6 Å². The monoisotopic (exact) mass is 392 g/mol. The van der Waals surface area contributed by atoms with Crippen molar-refractivity contribution < 1.29 is 18.8 Å². The Kier molecular flexibility index (Phi) is 5.75. The summed E-state index contributed by atoms with van der Waals surface area (Å²) in [7, 11) is 1.59. The predicted octanol–water partition coefficient (Wildman–Crippen LogP) is 4.34. The molecule has 0 aliphatic rings. The summed E-state index contributed by atoms with van der Waals surface area (Å²) in [4.78, 5) is 16.2. The third-order valence-electron chi connectivity index (χ3n) is 3.52. The van der Waals surface area contributed by atoms with Crippen LogP contribution in [0.4, 0.5) is 0 Å². The highest BCUT2D eigenvalue weighted by Gasteiger charge is 2.13. The number of carbonyl (C=O) groups is 1. The molecular formula is C18H14Cl2N2O4. The van der Waals surface area contributed by atoms with E-state index in [0.29, 0.717) is 21.4 Å². The first-order chi connectivity index (χ1) is 12.5. The van der Waals surface area contributed by atoms with Crippen LogP contribution < -0.4 is 4.74 Å². The summed E-state index contributed by atoms with van der Waals surface area (Å²) >= 11 is 11.9. The maximum atomic E-state index is 12.0. The van der Waals surface area contributed by atoms with Gasteiger partial charge in [0.15, 0.2) is 6.61 Å². The Morgan fingerprint density at radius 2 is 1.92 bits per heavy atom. The van der Waals surface area contributed by atoms with E-state index >= 15 is 0 Å². The lowest BCUT2D eigenvalue weighted by Crippen LogP contribution is -2.08. The molecule has 0 saturated carbocycles. The standard InChI is InChI=1S/C18H14Cl2N2O4/c1-24-14-6-3-11(4-7-14)18-21-16(26-22-18)10-25-17(23)8-12-2-5-13(19)9-15(12)20/h2-7,9H,8,10H2,1H3. The van der Waals surface area contributed by atoms with Gasteiger partial charge in [0.05, 0.1) is 13.5 Å². The molecule has 8 heteroatoms. The zero-order valence-electron chi connectivity index (χ0n) is 13.7. The minimum absolute atomic E-state index is 0.0233. The van der Waals surface area contributed by atoms with E-state index in [-0.39, 0.29) is 18.9 Å². The molecule has 0 fully saturated rings. The molecule has 1 aromatic heterocycles.